The van der Waals surface area contributed by atoms with Crippen molar-refractivity contribution in [1.29, 1.82) is 0 Å². The number of hydrogen-bond donors (Lipinski definition) is 3. The Morgan fingerprint density at radius 2 is 1.68 bits per heavy atom. The third kappa shape index (κ3) is 5.20. The van der Waals surface area contributed by atoms with Gasteiger partial charge in [-0.3, -0.25) is 19.8 Å². The summed E-state index contributed by atoms with van der Waals surface area (Å²) in [6.07, 6.45) is 2.46. The summed E-state index contributed by atoms with van der Waals surface area (Å²) in [7, 11) is -4.23. The monoisotopic (exact) mass is 481 g/mol. The molecule has 0 saturated heterocycles. The number of nitro groups is 1. The van der Waals surface area contributed by atoms with Gasteiger partial charge < -0.3 is 10.6 Å². The second kappa shape index (κ2) is 9.16. The summed E-state index contributed by atoms with van der Waals surface area (Å²) in [5, 5.41) is 16.6. The van der Waals surface area contributed by atoms with Gasteiger partial charge in [0.1, 0.15) is 4.90 Å². The van der Waals surface area contributed by atoms with Crippen molar-refractivity contribution in [3.8, 4) is 0 Å². The number of benzene rings is 2. The fourth-order valence-electron chi connectivity index (χ4n) is 2.48. The van der Waals surface area contributed by atoms with Crippen molar-refractivity contribution in [1.82, 2.24) is 4.98 Å². The highest BCUT2D eigenvalue weighted by Gasteiger charge is 2.25. The highest BCUT2D eigenvalue weighted by molar-refractivity contribution is 7.92. The highest BCUT2D eigenvalue weighted by Crippen LogP contribution is 2.35. The molecule has 0 atom stereocenters. The Labute approximate surface area is 186 Å². The molecule has 160 valence electrons. The minimum atomic E-state index is -4.23. The van der Waals surface area contributed by atoms with Crippen molar-refractivity contribution in [2.45, 2.75) is 4.90 Å². The molecule has 0 aliphatic rings. The number of anilines is 3. The number of amides is 2. The van der Waals surface area contributed by atoms with Crippen molar-refractivity contribution >= 4 is 62.0 Å². The minimum Gasteiger partial charge on any atom is -0.306 e. The van der Waals surface area contributed by atoms with Crippen LogP contribution in [0.1, 0.15) is 0 Å². The number of urea groups is 1. The first-order valence-electron chi connectivity index (χ1n) is 8.41. The molecule has 0 radical (unpaired) electrons. The van der Waals surface area contributed by atoms with E-state index in [1.165, 1.54) is 42.6 Å². The Kier molecular flexibility index (Phi) is 6.59. The van der Waals surface area contributed by atoms with Gasteiger partial charge in [0.05, 0.1) is 26.3 Å². The molecule has 13 heteroatoms. The summed E-state index contributed by atoms with van der Waals surface area (Å²) in [6.45, 7) is 0. The molecule has 2 aromatic carbocycles. The normalized spacial score (nSPS) is 10.9. The molecular weight excluding hydrogens is 469 g/mol. The SMILES string of the molecule is O=C(Nc1cccc(Cl)c1Cl)Nc1cccc([N+](=O)[O-])c1NS(=O)(=O)c1cccnc1. The first-order valence-corrected chi connectivity index (χ1v) is 10.6. The van der Waals surface area contributed by atoms with E-state index in [-0.39, 0.29) is 26.3 Å². The van der Waals surface area contributed by atoms with Gasteiger partial charge in [-0.1, -0.05) is 35.3 Å². The second-order valence-electron chi connectivity index (χ2n) is 5.93. The number of nitro benzene ring substituents is 1. The number of nitrogens with one attached hydrogen (secondary N) is 3. The van der Waals surface area contributed by atoms with Crippen LogP contribution in [-0.4, -0.2) is 24.4 Å². The summed E-state index contributed by atoms with van der Waals surface area (Å²) < 4.78 is 27.5. The van der Waals surface area contributed by atoms with Crippen LogP contribution in [-0.2, 0) is 10.0 Å². The lowest BCUT2D eigenvalue weighted by molar-refractivity contribution is -0.383. The number of aromatic nitrogens is 1. The van der Waals surface area contributed by atoms with E-state index in [0.717, 1.165) is 12.3 Å². The van der Waals surface area contributed by atoms with Gasteiger partial charge in [0.2, 0.25) is 0 Å². The van der Waals surface area contributed by atoms with Gasteiger partial charge in [-0.05, 0) is 30.3 Å². The Morgan fingerprint density at radius 3 is 2.35 bits per heavy atom. The molecule has 1 aromatic heterocycles. The van der Waals surface area contributed by atoms with Crippen LogP contribution < -0.4 is 15.4 Å². The standard InChI is InChI=1S/C18H13Cl2N5O5S/c19-12-5-1-6-13(16(12)20)22-18(26)23-14-7-2-8-15(25(27)28)17(14)24-31(29,30)11-4-3-9-21-10-11/h1-10,24H,(H2,22,23,26). The topological polar surface area (TPSA) is 143 Å². The van der Waals surface area contributed by atoms with Gasteiger partial charge in [-0.15, -0.1) is 0 Å². The third-order valence-electron chi connectivity index (χ3n) is 3.87. The molecule has 10 nitrogen and oxygen atoms in total. The lowest BCUT2D eigenvalue weighted by Gasteiger charge is -2.14. The van der Waals surface area contributed by atoms with Gasteiger partial charge >= 0.3 is 6.03 Å². The summed E-state index contributed by atoms with van der Waals surface area (Å²) in [6, 6.07) is 10.1. The van der Waals surface area contributed by atoms with Crippen LogP contribution in [0.3, 0.4) is 0 Å². The summed E-state index contributed by atoms with van der Waals surface area (Å²) >= 11 is 11.9. The number of sulfonamides is 1. The summed E-state index contributed by atoms with van der Waals surface area (Å²) in [4.78, 5) is 26.6. The second-order valence-corrected chi connectivity index (χ2v) is 8.40. The number of carbonyl (C=O) groups excluding carboxylic acids is 1. The van der Waals surface area contributed by atoms with Crippen LogP contribution in [0, 0.1) is 10.1 Å². The van der Waals surface area contributed by atoms with Gasteiger partial charge in [0.15, 0.2) is 5.69 Å². The van der Waals surface area contributed by atoms with Gasteiger partial charge in [-0.2, -0.15) is 0 Å². The van der Waals surface area contributed by atoms with E-state index >= 15 is 0 Å². The number of rotatable bonds is 6. The highest BCUT2D eigenvalue weighted by atomic mass is 35.5. The molecule has 3 rings (SSSR count). The quantitative estimate of drug-likeness (QED) is 0.342. The zero-order chi connectivity index (χ0) is 22.6. The van der Waals surface area contributed by atoms with Crippen LogP contribution in [0.5, 0.6) is 0 Å². The van der Waals surface area contributed by atoms with Crippen LogP contribution >= 0.6 is 23.2 Å². The molecule has 0 saturated carbocycles. The molecule has 0 aliphatic heterocycles. The average Bonchev–Trinajstić information content (AvgIpc) is 2.73. The van der Waals surface area contributed by atoms with Crippen molar-refractivity contribution in [2.24, 2.45) is 0 Å². The Balaban J connectivity index is 1.94. The van der Waals surface area contributed by atoms with Crippen molar-refractivity contribution in [3.05, 3.63) is 81.1 Å². The van der Waals surface area contributed by atoms with E-state index in [9.17, 15) is 23.3 Å². The van der Waals surface area contributed by atoms with Crippen LogP contribution in [0.15, 0.2) is 65.8 Å². The van der Waals surface area contributed by atoms with Gasteiger partial charge in [-0.25, -0.2) is 13.2 Å². The van der Waals surface area contributed by atoms with Crippen LogP contribution in [0.25, 0.3) is 0 Å². The van der Waals surface area contributed by atoms with Gasteiger partial charge in [0.25, 0.3) is 15.7 Å². The molecule has 0 bridgehead atoms. The molecule has 3 aromatic rings. The van der Waals surface area contributed by atoms with E-state index in [0.29, 0.717) is 0 Å². The maximum Gasteiger partial charge on any atom is 0.323 e. The van der Waals surface area contributed by atoms with Gasteiger partial charge in [0, 0.05) is 18.5 Å². The minimum absolute atomic E-state index is 0.0934. The summed E-state index contributed by atoms with van der Waals surface area (Å²) in [5.74, 6) is 0. The Bertz CT molecular complexity index is 1260. The number of carbonyl (C=O) groups is 1. The third-order valence-corrected chi connectivity index (χ3v) is 6.02. The molecule has 1 heterocycles. The lowest BCUT2D eigenvalue weighted by atomic mass is 10.2. The van der Waals surface area contributed by atoms with E-state index < -0.39 is 32.4 Å². The first kappa shape index (κ1) is 22.3. The van der Waals surface area contributed by atoms with Crippen LogP contribution in [0.2, 0.25) is 10.0 Å². The van der Waals surface area contributed by atoms with E-state index in [4.69, 9.17) is 23.2 Å². The molecule has 0 fully saturated rings. The Morgan fingerprint density at radius 1 is 1.00 bits per heavy atom. The molecular formula is C18H13Cl2N5O5S. The molecule has 0 aliphatic carbocycles. The molecule has 0 spiro atoms. The zero-order valence-electron chi connectivity index (χ0n) is 15.4. The summed E-state index contributed by atoms with van der Waals surface area (Å²) in [5.41, 5.74) is -0.957. The number of para-hydroxylation sites is 1. The van der Waals surface area contributed by atoms with E-state index in [2.05, 4.69) is 20.3 Å². The zero-order valence-corrected chi connectivity index (χ0v) is 17.7. The van der Waals surface area contributed by atoms with Crippen molar-refractivity contribution in [3.63, 3.8) is 0 Å². The molecule has 2 amide bonds. The lowest BCUT2D eigenvalue weighted by Crippen LogP contribution is -2.22. The maximum atomic E-state index is 12.7. The van der Waals surface area contributed by atoms with Crippen LogP contribution in [0.4, 0.5) is 27.5 Å². The van der Waals surface area contributed by atoms with E-state index in [1.807, 2.05) is 0 Å². The van der Waals surface area contributed by atoms with Crippen molar-refractivity contribution in [2.75, 3.05) is 15.4 Å². The number of nitrogens with zero attached hydrogens (tertiary/aromatic N) is 2. The Hall–Kier alpha value is -3.41. The fourth-order valence-corrected chi connectivity index (χ4v) is 3.89. The molecule has 0 unspecified atom stereocenters. The van der Waals surface area contributed by atoms with E-state index in [1.54, 1.807) is 6.07 Å². The predicted octanol–water partition coefficient (Wildman–Crippen LogP) is 4.74. The maximum absolute atomic E-state index is 12.7. The number of hydrogen-bond acceptors (Lipinski definition) is 6. The molecule has 31 heavy (non-hydrogen) atoms. The fraction of sp³-hybridized carbons (Fsp3) is 0. The average molecular weight is 482 g/mol. The molecule has 3 N–H and O–H groups in total. The largest absolute Gasteiger partial charge is 0.323 e. The number of halogens is 2. The predicted molar refractivity (Wildman–Crippen MR) is 117 cm³/mol. The smallest absolute Gasteiger partial charge is 0.306 e. The first-order chi connectivity index (χ1) is 14.7. The number of pyridine rings is 1. The van der Waals surface area contributed by atoms with Crippen molar-refractivity contribution < 1.29 is 18.1 Å².